The minimum absolute atomic E-state index is 0.0140. The van der Waals surface area contributed by atoms with Crippen molar-refractivity contribution in [2.24, 2.45) is 9.98 Å². The Balaban J connectivity index is 5.08. The standard InChI is InChI=1S/C14H22N2O2S/c1-12(10-15-3)7-6-8-14(9-13(2)16-4)11-19(5,17)18/h6-8,10-11,13H,4,9H2,1-3,5H3/b8-6+,12-7-,14-11+,15-10?. The van der Waals surface area contributed by atoms with Gasteiger partial charge in [0.05, 0.1) is 6.04 Å². The first kappa shape index (κ1) is 17.5. The van der Waals surface area contributed by atoms with Crippen molar-refractivity contribution in [1.82, 2.24) is 0 Å². The van der Waals surface area contributed by atoms with Gasteiger partial charge in [-0.05, 0) is 38.1 Å². The summed E-state index contributed by atoms with van der Waals surface area (Å²) in [6.07, 6.45) is 8.91. The molecule has 4 nitrogen and oxygen atoms in total. The quantitative estimate of drug-likeness (QED) is 0.532. The number of allylic oxidation sites excluding steroid dienone is 4. The number of nitrogens with zero attached hydrogens (tertiary/aromatic N) is 2. The molecule has 0 bridgehead atoms. The summed E-state index contributed by atoms with van der Waals surface area (Å²) in [5.74, 6) is 0. The maximum absolute atomic E-state index is 11.3. The second kappa shape index (κ2) is 8.58. The maximum atomic E-state index is 11.3. The smallest absolute Gasteiger partial charge is 0.169 e. The third kappa shape index (κ3) is 10.1. The van der Waals surface area contributed by atoms with Gasteiger partial charge in [0.15, 0.2) is 9.84 Å². The Labute approximate surface area is 116 Å². The number of rotatable bonds is 7. The average Bonchev–Trinajstić information content (AvgIpc) is 2.26. The number of hydrogen-bond acceptors (Lipinski definition) is 4. The van der Waals surface area contributed by atoms with E-state index in [-0.39, 0.29) is 6.04 Å². The number of sulfone groups is 1. The van der Waals surface area contributed by atoms with Gasteiger partial charge >= 0.3 is 0 Å². The van der Waals surface area contributed by atoms with E-state index in [1.807, 2.05) is 26.0 Å². The van der Waals surface area contributed by atoms with Gasteiger partial charge in [-0.15, -0.1) is 0 Å². The molecule has 19 heavy (non-hydrogen) atoms. The molecule has 0 aliphatic carbocycles. The van der Waals surface area contributed by atoms with Crippen LogP contribution < -0.4 is 0 Å². The summed E-state index contributed by atoms with van der Waals surface area (Å²) in [6.45, 7) is 7.28. The highest BCUT2D eigenvalue weighted by molar-refractivity contribution is 7.93. The number of hydrogen-bond donors (Lipinski definition) is 0. The molecule has 0 saturated carbocycles. The lowest BCUT2D eigenvalue weighted by atomic mass is 10.1. The lowest BCUT2D eigenvalue weighted by molar-refractivity contribution is 0.609. The lowest BCUT2D eigenvalue weighted by Crippen LogP contribution is -2.00. The Morgan fingerprint density at radius 2 is 2.05 bits per heavy atom. The van der Waals surface area contributed by atoms with Gasteiger partial charge in [-0.2, -0.15) is 0 Å². The first-order chi connectivity index (χ1) is 8.78. The molecule has 0 aromatic carbocycles. The molecule has 1 atom stereocenters. The van der Waals surface area contributed by atoms with Gasteiger partial charge in [-0.3, -0.25) is 9.98 Å². The van der Waals surface area contributed by atoms with Crippen LogP contribution >= 0.6 is 0 Å². The van der Waals surface area contributed by atoms with Crippen molar-refractivity contribution in [3.05, 3.63) is 34.8 Å². The van der Waals surface area contributed by atoms with Crippen molar-refractivity contribution in [3.63, 3.8) is 0 Å². The highest BCUT2D eigenvalue weighted by Gasteiger charge is 2.04. The fourth-order valence-corrected chi connectivity index (χ4v) is 2.13. The van der Waals surface area contributed by atoms with Crippen LogP contribution in [0.15, 0.2) is 44.8 Å². The Hall–Kier alpha value is -1.49. The van der Waals surface area contributed by atoms with E-state index in [1.165, 1.54) is 11.7 Å². The SMILES string of the molecule is C=NC(C)CC(=C/S(C)(=O)=O)/C=C/C=C(/C)C=NC. The fourth-order valence-electron chi connectivity index (χ4n) is 1.41. The van der Waals surface area contributed by atoms with E-state index in [0.29, 0.717) is 12.0 Å². The molecular formula is C14H22N2O2S. The second-order valence-corrected chi connectivity index (χ2v) is 6.31. The Bertz CT molecular complexity index is 512. The summed E-state index contributed by atoms with van der Waals surface area (Å²) < 4.78 is 22.6. The minimum atomic E-state index is -3.16. The van der Waals surface area contributed by atoms with Gasteiger partial charge in [0.2, 0.25) is 0 Å². The van der Waals surface area contributed by atoms with Crippen LogP contribution in [-0.2, 0) is 9.84 Å². The molecule has 0 fully saturated rings. The summed E-state index contributed by atoms with van der Waals surface area (Å²) in [4.78, 5) is 7.77. The Morgan fingerprint density at radius 1 is 1.42 bits per heavy atom. The van der Waals surface area contributed by atoms with Gasteiger partial charge in [-0.1, -0.05) is 18.2 Å². The van der Waals surface area contributed by atoms with Gasteiger partial charge in [0.1, 0.15) is 0 Å². The molecule has 0 heterocycles. The maximum Gasteiger partial charge on any atom is 0.169 e. The molecule has 0 radical (unpaired) electrons. The van der Waals surface area contributed by atoms with Crippen molar-refractivity contribution in [1.29, 1.82) is 0 Å². The third-order valence-corrected chi connectivity index (χ3v) is 2.94. The summed E-state index contributed by atoms with van der Waals surface area (Å²) in [6, 6.07) is -0.0140. The molecule has 0 aromatic heterocycles. The van der Waals surface area contributed by atoms with E-state index in [9.17, 15) is 8.42 Å². The molecule has 0 aliphatic rings. The predicted octanol–water partition coefficient (Wildman–Crippen LogP) is 2.60. The summed E-state index contributed by atoms with van der Waals surface area (Å²) >= 11 is 0. The van der Waals surface area contributed by atoms with Crippen molar-refractivity contribution in [3.8, 4) is 0 Å². The molecule has 0 spiro atoms. The van der Waals surface area contributed by atoms with Gasteiger partial charge in [-0.25, -0.2) is 8.42 Å². The van der Waals surface area contributed by atoms with Crippen LogP contribution in [0.25, 0.3) is 0 Å². The minimum Gasteiger partial charge on any atom is -0.298 e. The molecule has 1 unspecified atom stereocenters. The largest absolute Gasteiger partial charge is 0.298 e. The molecule has 5 heteroatoms. The van der Waals surface area contributed by atoms with E-state index >= 15 is 0 Å². The molecule has 0 rings (SSSR count). The van der Waals surface area contributed by atoms with Gasteiger partial charge < -0.3 is 0 Å². The Kier molecular flexibility index (Phi) is 7.91. The Morgan fingerprint density at radius 3 is 2.53 bits per heavy atom. The molecule has 0 saturated heterocycles. The van der Waals surface area contributed by atoms with Gasteiger partial charge in [0.25, 0.3) is 0 Å². The highest BCUT2D eigenvalue weighted by atomic mass is 32.2. The van der Waals surface area contributed by atoms with Crippen LogP contribution in [0.1, 0.15) is 20.3 Å². The van der Waals surface area contributed by atoms with Gasteiger partial charge in [0, 0.05) is 24.9 Å². The molecule has 0 aromatic rings. The van der Waals surface area contributed by atoms with E-state index in [2.05, 4.69) is 16.7 Å². The first-order valence-corrected chi connectivity index (χ1v) is 7.87. The molecule has 0 aliphatic heterocycles. The average molecular weight is 282 g/mol. The second-order valence-electron chi connectivity index (χ2n) is 4.42. The van der Waals surface area contributed by atoms with Crippen molar-refractivity contribution in [2.75, 3.05) is 13.3 Å². The summed E-state index contributed by atoms with van der Waals surface area (Å²) in [5, 5.41) is 1.27. The van der Waals surface area contributed by atoms with E-state index in [0.717, 1.165) is 5.57 Å². The van der Waals surface area contributed by atoms with Crippen molar-refractivity contribution < 1.29 is 8.42 Å². The zero-order valence-corrected chi connectivity index (χ0v) is 12.8. The van der Waals surface area contributed by atoms with Crippen LogP contribution in [0.3, 0.4) is 0 Å². The van der Waals surface area contributed by atoms with Crippen molar-refractivity contribution >= 4 is 22.8 Å². The molecule has 106 valence electrons. The van der Waals surface area contributed by atoms with Crippen LogP contribution in [0.5, 0.6) is 0 Å². The van der Waals surface area contributed by atoms with Crippen LogP contribution in [-0.4, -0.2) is 40.7 Å². The topological polar surface area (TPSA) is 58.9 Å². The fraction of sp³-hybridized carbons (Fsp3) is 0.429. The highest BCUT2D eigenvalue weighted by Crippen LogP contribution is 2.11. The lowest BCUT2D eigenvalue weighted by Gasteiger charge is -2.05. The monoisotopic (exact) mass is 282 g/mol. The predicted molar refractivity (Wildman–Crippen MR) is 83.9 cm³/mol. The molecule has 0 amide bonds. The van der Waals surface area contributed by atoms with Crippen LogP contribution in [0, 0.1) is 0 Å². The summed E-state index contributed by atoms with van der Waals surface area (Å²) in [5.41, 5.74) is 1.70. The third-order valence-electron chi connectivity index (χ3n) is 2.21. The van der Waals surface area contributed by atoms with E-state index < -0.39 is 9.84 Å². The van der Waals surface area contributed by atoms with Crippen LogP contribution in [0.2, 0.25) is 0 Å². The number of aliphatic imine (C=N–C) groups is 2. The zero-order chi connectivity index (χ0) is 14.9. The molecule has 0 N–H and O–H groups in total. The van der Waals surface area contributed by atoms with Crippen LogP contribution in [0.4, 0.5) is 0 Å². The van der Waals surface area contributed by atoms with E-state index in [4.69, 9.17) is 0 Å². The van der Waals surface area contributed by atoms with E-state index in [1.54, 1.807) is 19.3 Å². The summed E-state index contributed by atoms with van der Waals surface area (Å²) in [7, 11) is -1.46. The van der Waals surface area contributed by atoms with Crippen molar-refractivity contribution in [2.45, 2.75) is 26.3 Å². The normalized spacial score (nSPS) is 16.2. The first-order valence-electron chi connectivity index (χ1n) is 5.92. The zero-order valence-electron chi connectivity index (χ0n) is 12.0. The molecular weight excluding hydrogens is 260 g/mol.